The summed E-state index contributed by atoms with van der Waals surface area (Å²) in [4.78, 5) is 29.3. The fourth-order valence-corrected chi connectivity index (χ4v) is 9.64. The van der Waals surface area contributed by atoms with E-state index in [1.165, 1.54) is 55.1 Å². The molecule has 47 heavy (non-hydrogen) atoms. The highest BCUT2D eigenvalue weighted by Crippen LogP contribution is 2.60. The molecule has 4 fully saturated rings. The fraction of sp³-hybridized carbons (Fsp3) is 0.474. The largest absolute Gasteiger partial charge is 0.354 e. The van der Waals surface area contributed by atoms with E-state index in [1.54, 1.807) is 18.2 Å². The molecule has 9 heteroatoms. The maximum Gasteiger partial charge on any atom is 0.244 e. The molecule has 0 unspecified atom stereocenters. The van der Waals surface area contributed by atoms with Gasteiger partial charge in [0.25, 0.3) is 0 Å². The Morgan fingerprint density at radius 2 is 1.49 bits per heavy atom. The molecule has 4 aliphatic rings. The number of sulfonamides is 1. The second-order valence-corrected chi connectivity index (χ2v) is 16.0. The molecule has 1 N–H and O–H groups in total. The van der Waals surface area contributed by atoms with Crippen LogP contribution in [0.15, 0.2) is 78.9 Å². The van der Waals surface area contributed by atoms with E-state index in [4.69, 9.17) is 0 Å². The van der Waals surface area contributed by atoms with Gasteiger partial charge >= 0.3 is 0 Å². The van der Waals surface area contributed by atoms with Crippen LogP contribution in [0.2, 0.25) is 0 Å². The highest BCUT2D eigenvalue weighted by molar-refractivity contribution is 7.92. The van der Waals surface area contributed by atoms with Crippen molar-refractivity contribution >= 4 is 27.5 Å². The molecule has 3 aromatic rings. The van der Waals surface area contributed by atoms with Gasteiger partial charge in [0.2, 0.25) is 21.8 Å². The summed E-state index contributed by atoms with van der Waals surface area (Å²) in [5, 5.41) is 2.91. The molecule has 250 valence electrons. The Morgan fingerprint density at radius 1 is 0.894 bits per heavy atom. The Labute approximate surface area is 278 Å². The summed E-state index contributed by atoms with van der Waals surface area (Å²) in [5.41, 5.74) is 2.89. The van der Waals surface area contributed by atoms with Gasteiger partial charge < -0.3 is 10.2 Å². The van der Waals surface area contributed by atoms with Crippen LogP contribution >= 0.6 is 0 Å². The normalized spacial score (nSPS) is 23.7. The third-order valence-electron chi connectivity index (χ3n) is 10.6. The number of carbonyl (C=O) groups is 2. The predicted molar refractivity (Wildman–Crippen MR) is 183 cm³/mol. The Balaban J connectivity index is 1.30. The minimum Gasteiger partial charge on any atom is -0.354 e. The molecular formula is C38H46FN3O4S. The predicted octanol–water partition coefficient (Wildman–Crippen LogP) is 6.23. The molecule has 0 aliphatic heterocycles. The van der Waals surface area contributed by atoms with Gasteiger partial charge in [-0.2, -0.15) is 0 Å². The van der Waals surface area contributed by atoms with E-state index in [0.29, 0.717) is 18.7 Å². The number of nitrogens with zero attached hydrogens (tertiary/aromatic N) is 2. The Hall–Kier alpha value is -3.72. The number of anilines is 1. The molecule has 0 aromatic heterocycles. The minimum atomic E-state index is -3.89. The second kappa shape index (κ2) is 13.8. The smallest absolute Gasteiger partial charge is 0.244 e. The van der Waals surface area contributed by atoms with Crippen LogP contribution in [0.4, 0.5) is 10.1 Å². The first-order valence-electron chi connectivity index (χ1n) is 17.0. The molecule has 1 atom stereocenters. The van der Waals surface area contributed by atoms with Crippen molar-refractivity contribution in [2.24, 2.45) is 17.8 Å². The first-order valence-corrected chi connectivity index (χ1v) is 18.8. The molecule has 0 heterocycles. The Bertz CT molecular complexity index is 1640. The number of hydrogen-bond acceptors (Lipinski definition) is 4. The number of benzene rings is 3. The van der Waals surface area contributed by atoms with Gasteiger partial charge in [0.05, 0.1) is 11.9 Å². The summed E-state index contributed by atoms with van der Waals surface area (Å²) in [7, 11) is -3.89. The minimum absolute atomic E-state index is 0.159. The molecule has 0 radical (unpaired) electrons. The summed E-state index contributed by atoms with van der Waals surface area (Å²) in [6.45, 7) is 1.64. The third-order valence-corrected chi connectivity index (χ3v) is 11.7. The van der Waals surface area contributed by atoms with Gasteiger partial charge in [-0.3, -0.25) is 13.9 Å². The molecule has 7 rings (SSSR count). The van der Waals surface area contributed by atoms with Gasteiger partial charge in [-0.05, 0) is 97.4 Å². The number of amides is 2. The average molecular weight is 660 g/mol. The fourth-order valence-electron chi connectivity index (χ4n) is 8.79. The van der Waals surface area contributed by atoms with Crippen LogP contribution in [0.1, 0.15) is 68.6 Å². The molecule has 4 saturated carbocycles. The molecule has 4 bridgehead atoms. The van der Waals surface area contributed by atoms with E-state index in [9.17, 15) is 22.4 Å². The lowest BCUT2D eigenvalue weighted by molar-refractivity contribution is -0.140. The summed E-state index contributed by atoms with van der Waals surface area (Å²) >= 11 is 0. The topological polar surface area (TPSA) is 86.8 Å². The molecule has 3 aromatic carbocycles. The Kier molecular flexibility index (Phi) is 9.74. The van der Waals surface area contributed by atoms with Crippen molar-refractivity contribution < 1.29 is 22.4 Å². The van der Waals surface area contributed by atoms with Gasteiger partial charge in [0, 0.05) is 25.1 Å². The molecule has 0 saturated heterocycles. The van der Waals surface area contributed by atoms with E-state index >= 15 is 0 Å². The van der Waals surface area contributed by atoms with Crippen LogP contribution in [-0.2, 0) is 38.0 Å². The maximum atomic E-state index is 15.0. The monoisotopic (exact) mass is 659 g/mol. The van der Waals surface area contributed by atoms with Crippen LogP contribution in [0, 0.1) is 23.6 Å². The number of nitrogens with one attached hydrogen (secondary N) is 1. The van der Waals surface area contributed by atoms with Gasteiger partial charge in [-0.1, -0.05) is 67.6 Å². The van der Waals surface area contributed by atoms with Crippen molar-refractivity contribution in [3.05, 3.63) is 101 Å². The number of carbonyl (C=O) groups excluding carboxylic acids is 2. The number of halogens is 1. The van der Waals surface area contributed by atoms with E-state index in [2.05, 4.69) is 17.4 Å². The summed E-state index contributed by atoms with van der Waals surface area (Å²) in [6, 6.07) is 22.2. The lowest BCUT2D eigenvalue weighted by Gasteiger charge is -2.57. The lowest BCUT2D eigenvalue weighted by Crippen LogP contribution is -2.53. The standard InChI is InChI=1S/C38H46FN3O4S/c1-3-17-40-37(44)35(21-27-9-5-4-6-10-27)41(25-31-11-7-8-12-34(31)39)36(43)26-42(47(2,45)46)33-15-13-32(14-16-33)38-22-28-18-29(23-38)20-30(19-28)24-38/h4-16,28-30,35H,3,17-26H2,1-2H3,(H,40,44)/t28?,29?,30?,35-,38?/m1/s1. The van der Waals surface area contributed by atoms with Crippen molar-refractivity contribution in [1.82, 2.24) is 10.2 Å². The van der Waals surface area contributed by atoms with E-state index in [1.807, 2.05) is 49.4 Å². The molecule has 7 nitrogen and oxygen atoms in total. The zero-order valence-electron chi connectivity index (χ0n) is 27.4. The van der Waals surface area contributed by atoms with Crippen LogP contribution in [0.3, 0.4) is 0 Å². The highest BCUT2D eigenvalue weighted by atomic mass is 32.2. The quantitative estimate of drug-likeness (QED) is 0.236. The van der Waals surface area contributed by atoms with Gasteiger partial charge in [-0.25, -0.2) is 12.8 Å². The van der Waals surface area contributed by atoms with Gasteiger partial charge in [0.1, 0.15) is 18.4 Å². The zero-order valence-corrected chi connectivity index (χ0v) is 28.2. The van der Waals surface area contributed by atoms with E-state index in [-0.39, 0.29) is 29.9 Å². The highest BCUT2D eigenvalue weighted by Gasteiger charge is 2.51. The average Bonchev–Trinajstić information content (AvgIpc) is 3.04. The molecule has 2 amide bonds. The molecular weight excluding hydrogens is 614 g/mol. The van der Waals surface area contributed by atoms with E-state index in [0.717, 1.165) is 33.9 Å². The zero-order chi connectivity index (χ0) is 33.2. The van der Waals surface area contributed by atoms with Crippen LogP contribution in [0.5, 0.6) is 0 Å². The Morgan fingerprint density at radius 3 is 2.06 bits per heavy atom. The SMILES string of the molecule is CCCNC(=O)[C@@H](Cc1ccccc1)N(Cc1ccccc1F)C(=O)CN(c1ccc(C23CC4CC(CC(C4)C2)C3)cc1)S(C)(=O)=O. The van der Waals surface area contributed by atoms with E-state index < -0.39 is 34.3 Å². The van der Waals surface area contributed by atoms with Crippen molar-refractivity contribution in [2.75, 3.05) is 23.7 Å². The first kappa shape index (κ1) is 33.2. The molecule has 4 aliphatic carbocycles. The molecule has 0 spiro atoms. The lowest BCUT2D eigenvalue weighted by atomic mass is 9.48. The maximum absolute atomic E-state index is 15.0. The third kappa shape index (κ3) is 7.40. The summed E-state index contributed by atoms with van der Waals surface area (Å²) in [6.07, 6.45) is 9.58. The van der Waals surface area contributed by atoms with Crippen molar-refractivity contribution in [3.63, 3.8) is 0 Å². The van der Waals surface area contributed by atoms with Crippen molar-refractivity contribution in [3.8, 4) is 0 Å². The van der Waals surface area contributed by atoms with Crippen LogP contribution in [0.25, 0.3) is 0 Å². The second-order valence-electron chi connectivity index (χ2n) is 14.1. The van der Waals surface area contributed by atoms with Crippen LogP contribution in [-0.4, -0.2) is 50.5 Å². The van der Waals surface area contributed by atoms with Gasteiger partial charge in [-0.15, -0.1) is 0 Å². The van der Waals surface area contributed by atoms with Gasteiger partial charge in [0.15, 0.2) is 0 Å². The van der Waals surface area contributed by atoms with Crippen LogP contribution < -0.4 is 9.62 Å². The summed E-state index contributed by atoms with van der Waals surface area (Å²) in [5.74, 6) is 0.889. The first-order chi connectivity index (χ1) is 22.5. The summed E-state index contributed by atoms with van der Waals surface area (Å²) < 4.78 is 42.6. The van der Waals surface area contributed by atoms with Crippen molar-refractivity contribution in [2.45, 2.75) is 76.3 Å². The number of rotatable bonds is 13. The van der Waals surface area contributed by atoms with Crippen molar-refractivity contribution in [1.29, 1.82) is 0 Å². The number of hydrogen-bond donors (Lipinski definition) is 1.